The molecule has 0 aromatic carbocycles. The Morgan fingerprint density at radius 3 is 2.16 bits per heavy atom. The predicted molar refractivity (Wildman–Crippen MR) is 76.4 cm³/mol. The van der Waals surface area contributed by atoms with Crippen molar-refractivity contribution in [2.24, 2.45) is 5.73 Å². The Morgan fingerprint density at radius 1 is 1.00 bits per heavy atom. The zero-order valence-electron chi connectivity index (χ0n) is 12.5. The predicted octanol–water partition coefficient (Wildman–Crippen LogP) is 0.869. The molecule has 1 aliphatic rings. The van der Waals surface area contributed by atoms with Gasteiger partial charge in [-0.05, 0) is 19.9 Å². The van der Waals surface area contributed by atoms with Crippen LogP contribution in [0.5, 0.6) is 0 Å². The fourth-order valence-corrected chi connectivity index (χ4v) is 2.68. The molecule has 1 rings (SSSR count). The molecule has 0 aromatic heterocycles. The molecule has 0 aliphatic heterocycles. The van der Waals surface area contributed by atoms with Gasteiger partial charge in [-0.1, -0.05) is 12.8 Å². The fourth-order valence-electron chi connectivity index (χ4n) is 2.68. The highest BCUT2D eigenvalue weighted by Crippen LogP contribution is 2.33. The largest absolute Gasteiger partial charge is 0.382 e. The van der Waals surface area contributed by atoms with E-state index in [1.807, 2.05) is 0 Å². The summed E-state index contributed by atoms with van der Waals surface area (Å²) in [6.45, 7) is 4.99. The van der Waals surface area contributed by atoms with E-state index in [9.17, 15) is 0 Å². The number of methoxy groups -OCH3 is 1. The zero-order valence-corrected chi connectivity index (χ0v) is 12.5. The molecule has 19 heavy (non-hydrogen) atoms. The average molecular weight is 274 g/mol. The Bertz CT molecular complexity index is 221. The summed E-state index contributed by atoms with van der Waals surface area (Å²) in [7, 11) is 3.84. The normalized spacial score (nSPS) is 18.3. The highest BCUT2D eigenvalue weighted by Gasteiger charge is 2.35. The first-order valence-corrected chi connectivity index (χ1v) is 7.31. The van der Waals surface area contributed by atoms with Crippen LogP contribution >= 0.6 is 0 Å². The van der Waals surface area contributed by atoms with Gasteiger partial charge in [0.05, 0.1) is 33.0 Å². The van der Waals surface area contributed by atoms with E-state index in [4.69, 9.17) is 19.9 Å². The van der Waals surface area contributed by atoms with Gasteiger partial charge >= 0.3 is 0 Å². The van der Waals surface area contributed by atoms with Gasteiger partial charge in [0.1, 0.15) is 0 Å². The molecule has 1 saturated carbocycles. The van der Waals surface area contributed by atoms with Crippen molar-refractivity contribution in [2.45, 2.75) is 31.2 Å². The molecule has 0 amide bonds. The average Bonchev–Trinajstić information content (AvgIpc) is 2.91. The van der Waals surface area contributed by atoms with Crippen LogP contribution in [-0.4, -0.2) is 70.7 Å². The van der Waals surface area contributed by atoms with Crippen LogP contribution in [-0.2, 0) is 14.2 Å². The van der Waals surface area contributed by atoms with E-state index >= 15 is 0 Å². The third kappa shape index (κ3) is 5.75. The number of nitrogens with two attached hydrogens (primary N) is 1. The fraction of sp³-hybridized carbons (Fsp3) is 1.00. The van der Waals surface area contributed by atoms with E-state index < -0.39 is 0 Å². The molecule has 0 aromatic rings. The maximum Gasteiger partial charge on any atom is 0.0701 e. The summed E-state index contributed by atoms with van der Waals surface area (Å²) in [5.41, 5.74) is 6.17. The van der Waals surface area contributed by atoms with Crippen molar-refractivity contribution >= 4 is 0 Å². The van der Waals surface area contributed by atoms with Gasteiger partial charge in [0.2, 0.25) is 0 Å². The number of nitrogens with zero attached hydrogens (tertiary/aromatic N) is 1. The second kappa shape index (κ2) is 9.66. The van der Waals surface area contributed by atoms with Gasteiger partial charge in [-0.3, -0.25) is 4.90 Å². The maximum atomic E-state index is 5.95. The Morgan fingerprint density at radius 2 is 1.58 bits per heavy atom. The molecule has 0 radical (unpaired) electrons. The summed E-state index contributed by atoms with van der Waals surface area (Å²) in [5, 5.41) is 0. The van der Waals surface area contributed by atoms with Crippen LogP contribution in [0, 0.1) is 0 Å². The number of likely N-dealkylation sites (N-methyl/N-ethyl adjacent to an activating group) is 1. The summed E-state index contributed by atoms with van der Waals surface area (Å²) in [5.74, 6) is 0. The highest BCUT2D eigenvalue weighted by atomic mass is 16.5. The van der Waals surface area contributed by atoms with E-state index in [0.717, 1.165) is 19.7 Å². The van der Waals surface area contributed by atoms with Crippen LogP contribution < -0.4 is 5.73 Å². The number of hydrogen-bond donors (Lipinski definition) is 1. The lowest BCUT2D eigenvalue weighted by Crippen LogP contribution is -2.51. The number of rotatable bonds is 11. The van der Waals surface area contributed by atoms with Crippen LogP contribution in [0.15, 0.2) is 0 Å². The van der Waals surface area contributed by atoms with E-state index in [0.29, 0.717) is 26.4 Å². The van der Waals surface area contributed by atoms with Crippen LogP contribution in [0.25, 0.3) is 0 Å². The SMILES string of the molecule is COCCOCCOCCN(C)C1(CN)CCCC1. The van der Waals surface area contributed by atoms with Crippen LogP contribution in [0.2, 0.25) is 0 Å². The molecule has 0 atom stereocenters. The van der Waals surface area contributed by atoms with E-state index in [1.54, 1.807) is 7.11 Å². The summed E-state index contributed by atoms with van der Waals surface area (Å²) in [4.78, 5) is 2.38. The van der Waals surface area contributed by atoms with Gasteiger partial charge < -0.3 is 19.9 Å². The van der Waals surface area contributed by atoms with Crippen molar-refractivity contribution in [1.29, 1.82) is 0 Å². The summed E-state index contributed by atoms with van der Waals surface area (Å²) in [6.07, 6.45) is 5.05. The Balaban J connectivity index is 2.02. The Kier molecular flexibility index (Phi) is 8.57. The van der Waals surface area contributed by atoms with E-state index in [1.165, 1.54) is 25.7 Å². The molecular formula is C14H30N2O3. The second-order valence-corrected chi connectivity index (χ2v) is 5.27. The van der Waals surface area contributed by atoms with Crippen LogP contribution in [0.4, 0.5) is 0 Å². The lowest BCUT2D eigenvalue weighted by atomic mass is 9.96. The van der Waals surface area contributed by atoms with Gasteiger partial charge in [-0.15, -0.1) is 0 Å². The number of hydrogen-bond acceptors (Lipinski definition) is 5. The first-order chi connectivity index (χ1) is 9.25. The Labute approximate surface area is 117 Å². The molecule has 5 heteroatoms. The number of ether oxygens (including phenoxy) is 3. The summed E-state index contributed by atoms with van der Waals surface area (Å²) >= 11 is 0. The molecule has 0 unspecified atom stereocenters. The lowest BCUT2D eigenvalue weighted by molar-refractivity contribution is 0.0124. The highest BCUT2D eigenvalue weighted by molar-refractivity contribution is 4.94. The third-order valence-corrected chi connectivity index (χ3v) is 4.10. The molecule has 1 aliphatic carbocycles. The van der Waals surface area contributed by atoms with Gasteiger partial charge in [-0.25, -0.2) is 0 Å². The molecule has 0 bridgehead atoms. The van der Waals surface area contributed by atoms with Gasteiger partial charge in [0.25, 0.3) is 0 Å². The summed E-state index contributed by atoms with van der Waals surface area (Å²) in [6, 6.07) is 0. The van der Waals surface area contributed by atoms with E-state index in [-0.39, 0.29) is 5.54 Å². The van der Waals surface area contributed by atoms with Crippen molar-refractivity contribution < 1.29 is 14.2 Å². The molecule has 1 fully saturated rings. The molecule has 114 valence electrons. The van der Waals surface area contributed by atoms with Crippen LogP contribution in [0.1, 0.15) is 25.7 Å². The minimum Gasteiger partial charge on any atom is -0.382 e. The standard InChI is InChI=1S/C14H30N2O3/c1-16(14(13-15)5-3-4-6-14)7-8-18-11-12-19-10-9-17-2/h3-13,15H2,1-2H3. The minimum atomic E-state index is 0.221. The molecule has 0 saturated heterocycles. The lowest BCUT2D eigenvalue weighted by Gasteiger charge is -2.37. The molecule has 0 spiro atoms. The Hall–Kier alpha value is -0.200. The smallest absolute Gasteiger partial charge is 0.0701 e. The van der Waals surface area contributed by atoms with Crippen molar-refractivity contribution in [3.63, 3.8) is 0 Å². The maximum absolute atomic E-state index is 5.95. The molecule has 2 N–H and O–H groups in total. The second-order valence-electron chi connectivity index (χ2n) is 5.27. The van der Waals surface area contributed by atoms with Crippen molar-refractivity contribution in [3.05, 3.63) is 0 Å². The zero-order chi connectivity index (χ0) is 14.0. The monoisotopic (exact) mass is 274 g/mol. The van der Waals surface area contributed by atoms with Gasteiger partial charge in [-0.2, -0.15) is 0 Å². The topological polar surface area (TPSA) is 57.0 Å². The van der Waals surface area contributed by atoms with Crippen molar-refractivity contribution in [2.75, 3.05) is 60.3 Å². The third-order valence-electron chi connectivity index (χ3n) is 4.10. The summed E-state index contributed by atoms with van der Waals surface area (Å²) < 4.78 is 15.8. The molecule has 5 nitrogen and oxygen atoms in total. The van der Waals surface area contributed by atoms with Gasteiger partial charge in [0.15, 0.2) is 0 Å². The van der Waals surface area contributed by atoms with Crippen molar-refractivity contribution in [1.82, 2.24) is 4.90 Å². The molecular weight excluding hydrogens is 244 g/mol. The first kappa shape index (κ1) is 16.9. The minimum absolute atomic E-state index is 0.221. The van der Waals surface area contributed by atoms with E-state index in [2.05, 4.69) is 11.9 Å². The molecule has 0 heterocycles. The van der Waals surface area contributed by atoms with Crippen LogP contribution in [0.3, 0.4) is 0 Å². The first-order valence-electron chi connectivity index (χ1n) is 7.31. The van der Waals surface area contributed by atoms with Gasteiger partial charge in [0, 0.05) is 25.7 Å². The quantitative estimate of drug-likeness (QED) is 0.567. The van der Waals surface area contributed by atoms with Crippen molar-refractivity contribution in [3.8, 4) is 0 Å².